The lowest BCUT2D eigenvalue weighted by Crippen LogP contribution is -2.33. The second kappa shape index (κ2) is 11.3. The first-order chi connectivity index (χ1) is 17.1. The number of allylic oxidation sites excluding steroid dienone is 2. The summed E-state index contributed by atoms with van der Waals surface area (Å²) >= 11 is 3.63. The largest absolute Gasteiger partial charge is 0.493 e. The molecule has 0 saturated heterocycles. The number of nitrogens with zero attached hydrogens (tertiary/aromatic N) is 2. The van der Waals surface area contributed by atoms with Crippen molar-refractivity contribution in [1.82, 2.24) is 0 Å². The standard InChI is InChI=1S/C27H33N2O4S2/c1-7-28-18-14-20(30-3)22(32-5)16-24(18)34-26(28)12-10-9-11-13-27-29(8-2)19-15-21(31-4)23(33-6)17-25(19)35-27/h9-12,14-17,27H,7-8,13H2,1-6H3/q+1. The van der Waals surface area contributed by atoms with E-state index in [2.05, 4.69) is 71.9 Å². The van der Waals surface area contributed by atoms with Crippen LogP contribution in [-0.4, -0.2) is 40.4 Å². The fourth-order valence-electron chi connectivity index (χ4n) is 4.37. The van der Waals surface area contributed by atoms with Gasteiger partial charge in [-0.1, -0.05) is 41.3 Å². The van der Waals surface area contributed by atoms with Crippen molar-refractivity contribution in [2.45, 2.75) is 37.1 Å². The molecule has 1 aliphatic rings. The van der Waals surface area contributed by atoms with Gasteiger partial charge in [0.15, 0.2) is 23.0 Å². The van der Waals surface area contributed by atoms with Crippen LogP contribution in [0.2, 0.25) is 0 Å². The van der Waals surface area contributed by atoms with Gasteiger partial charge in [0.25, 0.3) is 5.01 Å². The summed E-state index contributed by atoms with van der Waals surface area (Å²) in [4.78, 5) is 3.66. The molecule has 0 aliphatic carbocycles. The maximum absolute atomic E-state index is 5.51. The minimum absolute atomic E-state index is 0.348. The van der Waals surface area contributed by atoms with Crippen LogP contribution in [0.4, 0.5) is 5.69 Å². The predicted molar refractivity (Wildman–Crippen MR) is 146 cm³/mol. The van der Waals surface area contributed by atoms with Crippen LogP contribution in [-0.2, 0) is 6.54 Å². The molecule has 1 aliphatic heterocycles. The number of hydrogen-bond acceptors (Lipinski definition) is 7. The first-order valence-corrected chi connectivity index (χ1v) is 13.4. The van der Waals surface area contributed by atoms with E-state index < -0.39 is 0 Å². The number of anilines is 1. The molecular formula is C27H33N2O4S2+. The predicted octanol–water partition coefficient (Wildman–Crippen LogP) is 6.16. The molecule has 1 aromatic heterocycles. The summed E-state index contributed by atoms with van der Waals surface area (Å²) < 4.78 is 25.5. The summed E-state index contributed by atoms with van der Waals surface area (Å²) in [7, 11) is 6.71. The van der Waals surface area contributed by atoms with Gasteiger partial charge in [0.1, 0.15) is 11.2 Å². The van der Waals surface area contributed by atoms with E-state index in [9.17, 15) is 0 Å². The van der Waals surface area contributed by atoms with Crippen molar-refractivity contribution in [3.63, 3.8) is 0 Å². The lowest BCUT2D eigenvalue weighted by atomic mass is 10.2. The zero-order valence-electron chi connectivity index (χ0n) is 21.2. The Morgan fingerprint density at radius 3 is 2.20 bits per heavy atom. The average Bonchev–Trinajstić information content (AvgIpc) is 3.41. The Bertz CT molecular complexity index is 1250. The summed E-state index contributed by atoms with van der Waals surface area (Å²) in [6.07, 6.45) is 9.63. The van der Waals surface area contributed by atoms with E-state index in [1.807, 2.05) is 11.8 Å². The van der Waals surface area contributed by atoms with Crippen LogP contribution >= 0.6 is 23.1 Å². The first-order valence-electron chi connectivity index (χ1n) is 11.7. The molecule has 2 aromatic carbocycles. The number of aromatic nitrogens is 1. The molecule has 1 unspecified atom stereocenters. The Morgan fingerprint density at radius 1 is 0.886 bits per heavy atom. The normalized spacial score (nSPS) is 15.4. The molecule has 0 amide bonds. The van der Waals surface area contributed by atoms with E-state index in [1.54, 1.807) is 39.8 Å². The zero-order valence-corrected chi connectivity index (χ0v) is 22.8. The van der Waals surface area contributed by atoms with Crippen LogP contribution in [0.3, 0.4) is 0 Å². The molecule has 2 heterocycles. The Balaban J connectivity index is 1.48. The van der Waals surface area contributed by atoms with Crippen molar-refractivity contribution >= 4 is 45.1 Å². The summed E-state index contributed by atoms with van der Waals surface area (Å²) in [5, 5.41) is 1.54. The molecule has 0 radical (unpaired) electrons. The first kappa shape index (κ1) is 25.3. The zero-order chi connectivity index (χ0) is 24.9. The number of benzene rings is 2. The highest BCUT2D eigenvalue weighted by molar-refractivity contribution is 8.00. The Morgan fingerprint density at radius 2 is 1.54 bits per heavy atom. The van der Waals surface area contributed by atoms with Crippen molar-refractivity contribution in [3.05, 3.63) is 47.5 Å². The molecule has 6 nitrogen and oxygen atoms in total. The highest BCUT2D eigenvalue weighted by Gasteiger charge is 2.30. The second-order valence-corrected chi connectivity index (χ2v) is 10.2. The molecule has 3 aromatic rings. The fourth-order valence-corrected chi connectivity index (χ4v) is 6.88. The third-order valence-corrected chi connectivity index (χ3v) is 8.51. The van der Waals surface area contributed by atoms with Crippen molar-refractivity contribution in [2.24, 2.45) is 0 Å². The topological polar surface area (TPSA) is 44.0 Å². The van der Waals surface area contributed by atoms with Gasteiger partial charge in [-0.3, -0.25) is 0 Å². The van der Waals surface area contributed by atoms with Gasteiger partial charge in [0, 0.05) is 29.6 Å². The average molecular weight is 514 g/mol. The molecule has 0 N–H and O–H groups in total. The van der Waals surface area contributed by atoms with Gasteiger partial charge >= 0.3 is 0 Å². The van der Waals surface area contributed by atoms with E-state index >= 15 is 0 Å². The van der Waals surface area contributed by atoms with Gasteiger partial charge in [-0.05, 0) is 26.3 Å². The third-order valence-electron chi connectivity index (χ3n) is 6.10. The Labute approximate surface area is 215 Å². The molecule has 8 heteroatoms. The Hall–Kier alpha value is -2.84. The summed E-state index contributed by atoms with van der Waals surface area (Å²) in [6.45, 7) is 6.18. The molecule has 0 fully saturated rings. The lowest BCUT2D eigenvalue weighted by molar-refractivity contribution is -0.665. The van der Waals surface area contributed by atoms with Crippen LogP contribution in [0.15, 0.2) is 47.4 Å². The number of ether oxygens (including phenoxy) is 4. The lowest BCUT2D eigenvalue weighted by Gasteiger charge is -2.24. The number of rotatable bonds is 10. The number of aryl methyl sites for hydroxylation is 1. The number of methoxy groups -OCH3 is 4. The van der Waals surface area contributed by atoms with E-state index in [0.29, 0.717) is 5.37 Å². The summed E-state index contributed by atoms with van der Waals surface area (Å²) in [5.41, 5.74) is 2.37. The van der Waals surface area contributed by atoms with Gasteiger partial charge in [0.05, 0.1) is 45.6 Å². The molecule has 4 rings (SSSR count). The summed E-state index contributed by atoms with van der Waals surface area (Å²) in [6, 6.07) is 8.28. The number of fused-ring (bicyclic) bond motifs is 2. The molecule has 35 heavy (non-hydrogen) atoms. The van der Waals surface area contributed by atoms with E-state index in [0.717, 1.165) is 48.0 Å². The van der Waals surface area contributed by atoms with Crippen molar-refractivity contribution < 1.29 is 23.5 Å². The maximum Gasteiger partial charge on any atom is 0.262 e. The fraction of sp³-hybridized carbons (Fsp3) is 0.370. The number of thiazole rings is 1. The highest BCUT2D eigenvalue weighted by Crippen LogP contribution is 2.49. The maximum atomic E-state index is 5.51. The van der Waals surface area contributed by atoms with Gasteiger partial charge in [-0.2, -0.15) is 4.57 Å². The summed E-state index contributed by atoms with van der Waals surface area (Å²) in [5.74, 6) is 3.05. The molecule has 186 valence electrons. The van der Waals surface area contributed by atoms with Gasteiger partial charge in [-0.25, -0.2) is 0 Å². The smallest absolute Gasteiger partial charge is 0.262 e. The Kier molecular flexibility index (Phi) is 8.13. The van der Waals surface area contributed by atoms with E-state index in [4.69, 9.17) is 18.9 Å². The second-order valence-electron chi connectivity index (χ2n) is 7.92. The van der Waals surface area contributed by atoms with Crippen molar-refractivity contribution in [1.29, 1.82) is 0 Å². The third kappa shape index (κ3) is 4.95. The van der Waals surface area contributed by atoms with Gasteiger partial charge in [0.2, 0.25) is 5.52 Å². The van der Waals surface area contributed by atoms with Gasteiger partial charge < -0.3 is 23.8 Å². The van der Waals surface area contributed by atoms with Crippen LogP contribution in [0.1, 0.15) is 25.3 Å². The van der Waals surface area contributed by atoms with E-state index in [-0.39, 0.29) is 0 Å². The number of hydrogen-bond donors (Lipinski definition) is 0. The van der Waals surface area contributed by atoms with Crippen molar-refractivity contribution in [3.8, 4) is 23.0 Å². The van der Waals surface area contributed by atoms with E-state index in [1.165, 1.54) is 20.3 Å². The van der Waals surface area contributed by atoms with Crippen molar-refractivity contribution in [2.75, 3.05) is 39.9 Å². The van der Waals surface area contributed by atoms with Crippen LogP contribution in [0.5, 0.6) is 23.0 Å². The highest BCUT2D eigenvalue weighted by atomic mass is 32.2. The van der Waals surface area contributed by atoms with Crippen LogP contribution in [0.25, 0.3) is 16.3 Å². The molecule has 0 spiro atoms. The molecule has 1 atom stereocenters. The minimum Gasteiger partial charge on any atom is -0.493 e. The van der Waals surface area contributed by atoms with Gasteiger partial charge in [-0.15, -0.1) is 0 Å². The quantitative estimate of drug-likeness (QED) is 0.239. The minimum atomic E-state index is 0.348. The monoisotopic (exact) mass is 513 g/mol. The molecular weight excluding hydrogens is 480 g/mol. The van der Waals surface area contributed by atoms with Crippen LogP contribution < -0.4 is 28.4 Å². The van der Waals surface area contributed by atoms with Crippen LogP contribution in [0, 0.1) is 0 Å². The SMILES string of the molecule is CCN1c2cc(OC)c(OC)cc2SC1CC=CC=Cc1sc2cc(OC)c(OC)cc2[n+]1CC. The molecule has 0 saturated carbocycles. The molecule has 0 bridgehead atoms. The number of thioether (sulfide) groups is 1.